The molecule has 0 aliphatic heterocycles. The summed E-state index contributed by atoms with van der Waals surface area (Å²) in [5.74, 6) is 1.20. The monoisotopic (exact) mass is 235 g/mol. The second kappa shape index (κ2) is 4.86. The lowest BCUT2D eigenvalue weighted by Crippen LogP contribution is -1.95. The summed E-state index contributed by atoms with van der Waals surface area (Å²) >= 11 is 0. The molecule has 0 fully saturated rings. The molecule has 17 heavy (non-hydrogen) atoms. The molecule has 5 heteroatoms. The minimum absolute atomic E-state index is 0.00137. The Balaban J connectivity index is 2.32. The van der Waals surface area contributed by atoms with Crippen LogP contribution in [0.1, 0.15) is 12.0 Å². The van der Waals surface area contributed by atoms with Gasteiger partial charge in [0.1, 0.15) is 5.82 Å². The number of halogens is 2. The van der Waals surface area contributed by atoms with Crippen LogP contribution in [0.2, 0.25) is 0 Å². The van der Waals surface area contributed by atoms with Gasteiger partial charge in [-0.05, 0) is 6.07 Å². The summed E-state index contributed by atoms with van der Waals surface area (Å²) in [4.78, 5) is 8.32. The average Bonchev–Trinajstić information content (AvgIpc) is 2.39. The van der Waals surface area contributed by atoms with Crippen LogP contribution in [0.3, 0.4) is 0 Å². The molecule has 0 saturated heterocycles. The number of nitrogens with zero attached hydrogens (tertiary/aromatic N) is 2. The SMILES string of the molecule is CNc1ccnc(-c2ccc(C(F)F)cc2)n1. The highest BCUT2D eigenvalue weighted by Gasteiger charge is 2.07. The normalized spacial score (nSPS) is 10.6. The van der Waals surface area contributed by atoms with Crippen molar-refractivity contribution in [2.45, 2.75) is 6.43 Å². The first-order valence-corrected chi connectivity index (χ1v) is 5.10. The van der Waals surface area contributed by atoms with Crippen molar-refractivity contribution in [3.05, 3.63) is 42.1 Å². The van der Waals surface area contributed by atoms with Gasteiger partial charge in [-0.15, -0.1) is 0 Å². The van der Waals surface area contributed by atoms with Crippen molar-refractivity contribution < 1.29 is 8.78 Å². The van der Waals surface area contributed by atoms with Gasteiger partial charge in [0.2, 0.25) is 0 Å². The molecule has 1 heterocycles. The van der Waals surface area contributed by atoms with Crippen molar-refractivity contribution in [1.29, 1.82) is 0 Å². The average molecular weight is 235 g/mol. The molecular formula is C12H11F2N3. The van der Waals surface area contributed by atoms with Crippen LogP contribution in [-0.2, 0) is 0 Å². The molecule has 0 bridgehead atoms. The first-order chi connectivity index (χ1) is 8.20. The van der Waals surface area contributed by atoms with Gasteiger partial charge in [0.25, 0.3) is 6.43 Å². The fraction of sp³-hybridized carbons (Fsp3) is 0.167. The summed E-state index contributed by atoms with van der Waals surface area (Å²) in [7, 11) is 1.76. The number of benzene rings is 1. The van der Waals surface area contributed by atoms with Crippen LogP contribution >= 0.6 is 0 Å². The Labute approximate surface area is 97.5 Å². The summed E-state index contributed by atoms with van der Waals surface area (Å²) in [6.45, 7) is 0. The lowest BCUT2D eigenvalue weighted by atomic mass is 10.1. The van der Waals surface area contributed by atoms with Crippen molar-refractivity contribution in [3.8, 4) is 11.4 Å². The highest BCUT2D eigenvalue weighted by Crippen LogP contribution is 2.22. The van der Waals surface area contributed by atoms with Crippen LogP contribution < -0.4 is 5.32 Å². The van der Waals surface area contributed by atoms with Crippen molar-refractivity contribution in [2.24, 2.45) is 0 Å². The Hall–Kier alpha value is -2.04. The molecule has 0 unspecified atom stereocenters. The van der Waals surface area contributed by atoms with Gasteiger partial charge >= 0.3 is 0 Å². The molecule has 3 nitrogen and oxygen atoms in total. The Morgan fingerprint density at radius 2 is 1.82 bits per heavy atom. The van der Waals surface area contributed by atoms with E-state index in [1.54, 1.807) is 31.4 Å². The van der Waals surface area contributed by atoms with Gasteiger partial charge in [0.05, 0.1) is 0 Å². The predicted molar refractivity (Wildman–Crippen MR) is 62.0 cm³/mol. The minimum atomic E-state index is -2.45. The molecule has 0 atom stereocenters. The quantitative estimate of drug-likeness (QED) is 0.888. The fourth-order valence-electron chi connectivity index (χ4n) is 1.41. The number of hydrogen-bond acceptors (Lipinski definition) is 3. The molecule has 0 radical (unpaired) electrons. The molecule has 0 aliphatic carbocycles. The molecule has 88 valence electrons. The molecule has 2 aromatic rings. The van der Waals surface area contributed by atoms with Crippen molar-refractivity contribution in [1.82, 2.24) is 9.97 Å². The summed E-state index contributed by atoms with van der Waals surface area (Å²) in [6, 6.07) is 7.69. The van der Waals surface area contributed by atoms with E-state index in [1.807, 2.05) is 0 Å². The summed E-state index contributed by atoms with van der Waals surface area (Å²) in [5, 5.41) is 2.90. The highest BCUT2D eigenvalue weighted by atomic mass is 19.3. The highest BCUT2D eigenvalue weighted by molar-refractivity contribution is 5.57. The van der Waals surface area contributed by atoms with Crippen LogP contribution in [0.15, 0.2) is 36.5 Å². The van der Waals surface area contributed by atoms with Gasteiger partial charge in [0, 0.05) is 24.4 Å². The van der Waals surface area contributed by atoms with E-state index in [0.29, 0.717) is 17.2 Å². The molecule has 0 saturated carbocycles. The van der Waals surface area contributed by atoms with Gasteiger partial charge in [-0.25, -0.2) is 18.7 Å². The zero-order chi connectivity index (χ0) is 12.3. The van der Waals surface area contributed by atoms with Crippen LogP contribution in [0.25, 0.3) is 11.4 Å². The van der Waals surface area contributed by atoms with E-state index < -0.39 is 6.43 Å². The van der Waals surface area contributed by atoms with Crippen molar-refractivity contribution in [2.75, 3.05) is 12.4 Å². The first kappa shape index (κ1) is 11.4. The number of anilines is 1. The van der Waals surface area contributed by atoms with Gasteiger partial charge in [-0.1, -0.05) is 24.3 Å². The Kier molecular flexibility index (Phi) is 3.27. The summed E-state index contributed by atoms with van der Waals surface area (Å²) < 4.78 is 24.8. The second-order valence-electron chi connectivity index (χ2n) is 3.44. The predicted octanol–water partition coefficient (Wildman–Crippen LogP) is 3.12. The zero-order valence-corrected chi connectivity index (χ0v) is 9.19. The Morgan fingerprint density at radius 3 is 2.41 bits per heavy atom. The lowest BCUT2D eigenvalue weighted by molar-refractivity contribution is 0.151. The summed E-state index contributed by atoms with van der Waals surface area (Å²) in [6.07, 6.45) is -0.830. The van der Waals surface area contributed by atoms with Crippen LogP contribution in [-0.4, -0.2) is 17.0 Å². The maximum absolute atomic E-state index is 12.4. The molecule has 1 aromatic heterocycles. The molecule has 0 aliphatic rings. The standard InChI is InChI=1S/C12H11F2N3/c1-15-10-6-7-16-12(17-10)9-4-2-8(3-5-9)11(13)14/h2-7,11H,1H3,(H,15,16,17). The lowest BCUT2D eigenvalue weighted by Gasteiger charge is -2.04. The van der Waals surface area contributed by atoms with E-state index in [4.69, 9.17) is 0 Å². The van der Waals surface area contributed by atoms with Crippen molar-refractivity contribution >= 4 is 5.82 Å². The smallest absolute Gasteiger partial charge is 0.263 e. The third kappa shape index (κ3) is 2.55. The van der Waals surface area contributed by atoms with Gasteiger partial charge in [-0.3, -0.25) is 0 Å². The maximum Gasteiger partial charge on any atom is 0.263 e. The van der Waals surface area contributed by atoms with E-state index in [-0.39, 0.29) is 5.56 Å². The van der Waals surface area contributed by atoms with E-state index in [1.165, 1.54) is 12.1 Å². The van der Waals surface area contributed by atoms with Gasteiger partial charge < -0.3 is 5.32 Å². The second-order valence-corrected chi connectivity index (χ2v) is 3.44. The molecule has 2 rings (SSSR count). The summed E-state index contributed by atoms with van der Waals surface area (Å²) in [5.41, 5.74) is 0.713. The number of hydrogen-bond donors (Lipinski definition) is 1. The Bertz CT molecular complexity index is 497. The van der Waals surface area contributed by atoms with E-state index in [0.717, 1.165) is 0 Å². The fourth-order valence-corrected chi connectivity index (χ4v) is 1.41. The molecule has 1 aromatic carbocycles. The van der Waals surface area contributed by atoms with Crippen LogP contribution in [0, 0.1) is 0 Å². The molecule has 1 N–H and O–H groups in total. The maximum atomic E-state index is 12.4. The molecular weight excluding hydrogens is 224 g/mol. The largest absolute Gasteiger partial charge is 0.373 e. The number of nitrogens with one attached hydrogen (secondary N) is 1. The van der Waals surface area contributed by atoms with E-state index >= 15 is 0 Å². The first-order valence-electron chi connectivity index (χ1n) is 5.10. The minimum Gasteiger partial charge on any atom is -0.373 e. The Morgan fingerprint density at radius 1 is 1.12 bits per heavy atom. The molecule has 0 amide bonds. The van der Waals surface area contributed by atoms with Crippen molar-refractivity contribution in [3.63, 3.8) is 0 Å². The number of alkyl halides is 2. The van der Waals surface area contributed by atoms with Crippen LogP contribution in [0.5, 0.6) is 0 Å². The molecule has 0 spiro atoms. The number of rotatable bonds is 3. The third-order valence-electron chi connectivity index (χ3n) is 2.33. The van der Waals surface area contributed by atoms with E-state index in [9.17, 15) is 8.78 Å². The van der Waals surface area contributed by atoms with Gasteiger partial charge in [-0.2, -0.15) is 0 Å². The van der Waals surface area contributed by atoms with Gasteiger partial charge in [0.15, 0.2) is 5.82 Å². The third-order valence-corrected chi connectivity index (χ3v) is 2.33. The van der Waals surface area contributed by atoms with Crippen LogP contribution in [0.4, 0.5) is 14.6 Å². The zero-order valence-electron chi connectivity index (χ0n) is 9.19. The van der Waals surface area contributed by atoms with E-state index in [2.05, 4.69) is 15.3 Å². The topological polar surface area (TPSA) is 37.8 Å². The number of aromatic nitrogens is 2.